The summed E-state index contributed by atoms with van der Waals surface area (Å²) in [5, 5.41) is 2.68. The fourth-order valence-corrected chi connectivity index (χ4v) is 3.09. The van der Waals surface area contributed by atoms with Crippen LogP contribution in [0.2, 0.25) is 0 Å². The van der Waals surface area contributed by atoms with E-state index in [0.29, 0.717) is 0 Å². The Morgan fingerprint density at radius 1 is 1.13 bits per heavy atom. The number of hydrogen-bond acceptors (Lipinski definition) is 4. The average molecular weight is 418 g/mol. The van der Waals surface area contributed by atoms with E-state index >= 15 is 0 Å². The summed E-state index contributed by atoms with van der Waals surface area (Å²) in [6.45, 7) is 1.57. The van der Waals surface area contributed by atoms with Gasteiger partial charge in [-0.2, -0.15) is 13.2 Å². The summed E-state index contributed by atoms with van der Waals surface area (Å²) in [6.07, 6.45) is -4.92. The van der Waals surface area contributed by atoms with Crippen molar-refractivity contribution in [2.24, 2.45) is 0 Å². The maximum absolute atomic E-state index is 13.3. The van der Waals surface area contributed by atoms with Gasteiger partial charge in [0.25, 0.3) is 5.56 Å². The second-order valence-electron chi connectivity index (χ2n) is 7.08. The minimum atomic E-state index is -4.92. The van der Waals surface area contributed by atoms with E-state index in [4.69, 9.17) is 0 Å². The van der Waals surface area contributed by atoms with Crippen LogP contribution >= 0.6 is 0 Å². The zero-order chi connectivity index (χ0) is 22.1. The number of benzene rings is 2. The Bertz CT molecular complexity index is 1120. The van der Waals surface area contributed by atoms with E-state index in [9.17, 15) is 22.8 Å². The highest BCUT2D eigenvalue weighted by Crippen LogP contribution is 2.27. The van der Waals surface area contributed by atoms with Gasteiger partial charge in [0, 0.05) is 26.3 Å². The van der Waals surface area contributed by atoms with Gasteiger partial charge < -0.3 is 10.2 Å². The predicted octanol–water partition coefficient (Wildman–Crippen LogP) is 3.36. The molecule has 1 atom stereocenters. The first-order valence-electron chi connectivity index (χ1n) is 9.22. The molecule has 9 heteroatoms. The molecule has 0 saturated heterocycles. The van der Waals surface area contributed by atoms with Crippen LogP contribution < -0.4 is 15.8 Å². The number of nitrogens with one attached hydrogen (secondary N) is 1. The molecule has 158 valence electrons. The highest BCUT2D eigenvalue weighted by molar-refractivity contribution is 5.83. The van der Waals surface area contributed by atoms with Crippen LogP contribution in [0, 0.1) is 0 Å². The molecular weight excluding hydrogens is 397 g/mol. The number of aromatic nitrogens is 2. The van der Waals surface area contributed by atoms with Gasteiger partial charge in [-0.25, -0.2) is 4.98 Å². The summed E-state index contributed by atoms with van der Waals surface area (Å²) < 4.78 is 40.7. The quantitative estimate of drug-likeness (QED) is 0.690. The van der Waals surface area contributed by atoms with Crippen LogP contribution in [0.25, 0.3) is 11.0 Å². The van der Waals surface area contributed by atoms with Crippen molar-refractivity contribution >= 4 is 22.6 Å². The highest BCUT2D eigenvalue weighted by atomic mass is 19.4. The third kappa shape index (κ3) is 4.29. The Labute approximate surface area is 171 Å². The Kier molecular flexibility index (Phi) is 5.82. The Balaban J connectivity index is 1.90. The van der Waals surface area contributed by atoms with Crippen LogP contribution in [-0.2, 0) is 17.5 Å². The van der Waals surface area contributed by atoms with E-state index in [1.54, 1.807) is 6.07 Å². The second-order valence-corrected chi connectivity index (χ2v) is 7.08. The van der Waals surface area contributed by atoms with Crippen LogP contribution in [0.3, 0.4) is 0 Å². The second kappa shape index (κ2) is 8.17. The van der Waals surface area contributed by atoms with Crippen LogP contribution in [0.15, 0.2) is 53.3 Å². The Morgan fingerprint density at radius 3 is 2.37 bits per heavy atom. The van der Waals surface area contributed by atoms with E-state index < -0.39 is 29.4 Å². The molecule has 30 heavy (non-hydrogen) atoms. The molecule has 3 rings (SSSR count). The van der Waals surface area contributed by atoms with Gasteiger partial charge in [0.1, 0.15) is 6.04 Å². The van der Waals surface area contributed by atoms with Crippen molar-refractivity contribution in [1.82, 2.24) is 14.9 Å². The molecule has 0 radical (unpaired) electrons. The van der Waals surface area contributed by atoms with E-state index in [1.165, 1.54) is 25.1 Å². The Morgan fingerprint density at radius 2 is 1.77 bits per heavy atom. The molecule has 0 saturated carbocycles. The molecule has 0 spiro atoms. The smallest absolute Gasteiger partial charge is 0.378 e. The summed E-state index contributed by atoms with van der Waals surface area (Å²) in [6, 6.07) is 12.2. The summed E-state index contributed by atoms with van der Waals surface area (Å²) in [4.78, 5) is 30.6. The molecule has 1 unspecified atom stereocenters. The van der Waals surface area contributed by atoms with E-state index in [0.717, 1.165) is 15.8 Å². The summed E-state index contributed by atoms with van der Waals surface area (Å²) in [5.74, 6) is -0.571. The molecule has 1 aromatic heterocycles. The number of fused-ring (bicyclic) bond motifs is 1. The minimum Gasteiger partial charge on any atom is -0.378 e. The summed E-state index contributed by atoms with van der Waals surface area (Å²) in [5.41, 5.74) is -0.923. The maximum Gasteiger partial charge on any atom is 0.438 e. The largest absolute Gasteiger partial charge is 0.438 e. The molecule has 0 fully saturated rings. The van der Waals surface area contributed by atoms with Crippen LogP contribution in [0.4, 0.5) is 18.9 Å². The lowest BCUT2D eigenvalue weighted by molar-refractivity contribution is -0.142. The number of alkyl halides is 3. The third-order valence-corrected chi connectivity index (χ3v) is 4.75. The molecule has 0 aliphatic rings. The lowest BCUT2D eigenvalue weighted by Gasteiger charge is -2.19. The molecule has 3 aromatic rings. The van der Waals surface area contributed by atoms with Crippen LogP contribution in [0.1, 0.15) is 24.2 Å². The number of rotatable bonds is 5. The Hall–Kier alpha value is -3.36. The van der Waals surface area contributed by atoms with Gasteiger partial charge in [0.2, 0.25) is 11.6 Å². The van der Waals surface area contributed by atoms with Crippen molar-refractivity contribution in [3.05, 3.63) is 70.1 Å². The number of carbonyl (C=O) groups is 1. The van der Waals surface area contributed by atoms with Gasteiger partial charge in [-0.15, -0.1) is 0 Å². The number of amides is 1. The van der Waals surface area contributed by atoms with E-state index in [2.05, 4.69) is 10.3 Å². The number of carbonyl (C=O) groups excluding carboxylic acids is 1. The molecule has 0 aliphatic carbocycles. The molecule has 0 bridgehead atoms. The first-order chi connectivity index (χ1) is 14.1. The lowest BCUT2D eigenvalue weighted by Crippen LogP contribution is -2.38. The normalized spacial score (nSPS) is 12.6. The van der Waals surface area contributed by atoms with Crippen LogP contribution in [-0.4, -0.2) is 29.6 Å². The van der Waals surface area contributed by atoms with Gasteiger partial charge >= 0.3 is 6.18 Å². The fraction of sp³-hybridized carbons (Fsp3) is 0.286. The van der Waals surface area contributed by atoms with Crippen molar-refractivity contribution in [1.29, 1.82) is 0 Å². The number of nitrogens with zero attached hydrogens (tertiary/aromatic N) is 3. The lowest BCUT2D eigenvalue weighted by atomic mass is 10.2. The highest BCUT2D eigenvalue weighted by Gasteiger charge is 2.38. The van der Waals surface area contributed by atoms with E-state index in [-0.39, 0.29) is 17.6 Å². The zero-order valence-electron chi connectivity index (χ0n) is 16.7. The van der Waals surface area contributed by atoms with Crippen molar-refractivity contribution in [2.45, 2.75) is 25.7 Å². The molecule has 2 aromatic carbocycles. The fourth-order valence-electron chi connectivity index (χ4n) is 3.09. The molecule has 1 heterocycles. The van der Waals surface area contributed by atoms with E-state index in [1.807, 2.05) is 43.3 Å². The van der Waals surface area contributed by atoms with Crippen molar-refractivity contribution in [3.8, 4) is 0 Å². The number of para-hydroxylation sites is 2. The van der Waals surface area contributed by atoms with Crippen LogP contribution in [0.5, 0.6) is 0 Å². The summed E-state index contributed by atoms with van der Waals surface area (Å²) >= 11 is 0. The van der Waals surface area contributed by atoms with Gasteiger partial charge in [-0.1, -0.05) is 24.3 Å². The zero-order valence-corrected chi connectivity index (χ0v) is 16.7. The standard InChI is InChI=1S/C21H21F3N4O2/c1-13(19(29)25-12-14-8-10-15(11-9-14)27(2)3)28-17-7-5-4-6-16(17)26-18(20(28)30)21(22,23)24/h4-11,13H,12H2,1-3H3,(H,25,29). The minimum absolute atomic E-state index is 0.0108. The third-order valence-electron chi connectivity index (χ3n) is 4.75. The predicted molar refractivity (Wildman–Crippen MR) is 108 cm³/mol. The van der Waals surface area contributed by atoms with Crippen molar-refractivity contribution in [2.75, 3.05) is 19.0 Å². The van der Waals surface area contributed by atoms with Gasteiger partial charge in [0.15, 0.2) is 0 Å². The number of anilines is 1. The summed E-state index contributed by atoms with van der Waals surface area (Å²) in [7, 11) is 3.81. The number of hydrogen-bond donors (Lipinski definition) is 1. The first-order valence-corrected chi connectivity index (χ1v) is 9.22. The van der Waals surface area contributed by atoms with Gasteiger partial charge in [-0.05, 0) is 36.8 Å². The molecule has 0 aliphatic heterocycles. The van der Waals surface area contributed by atoms with Gasteiger partial charge in [0.05, 0.1) is 11.0 Å². The van der Waals surface area contributed by atoms with Gasteiger partial charge in [-0.3, -0.25) is 14.2 Å². The van der Waals surface area contributed by atoms with Crippen molar-refractivity contribution < 1.29 is 18.0 Å². The molecular formula is C21H21F3N4O2. The van der Waals surface area contributed by atoms with Crippen molar-refractivity contribution in [3.63, 3.8) is 0 Å². The SMILES string of the molecule is CC(C(=O)NCc1ccc(N(C)C)cc1)n1c(=O)c(C(F)(F)F)nc2ccccc21. The number of halogens is 3. The molecule has 1 N–H and O–H groups in total. The maximum atomic E-state index is 13.3. The molecule has 1 amide bonds. The first kappa shape index (κ1) is 21.4. The average Bonchev–Trinajstić information content (AvgIpc) is 2.70. The topological polar surface area (TPSA) is 67.2 Å². The monoisotopic (exact) mass is 418 g/mol. The molecule has 6 nitrogen and oxygen atoms in total.